The van der Waals surface area contributed by atoms with Crippen molar-refractivity contribution in [2.45, 2.75) is 25.9 Å². The van der Waals surface area contributed by atoms with E-state index in [1.54, 1.807) is 14.2 Å². The Labute approximate surface area is 187 Å². The van der Waals surface area contributed by atoms with Crippen LogP contribution < -0.4 is 9.47 Å². The summed E-state index contributed by atoms with van der Waals surface area (Å²) in [5, 5.41) is 21.9. The van der Waals surface area contributed by atoms with Gasteiger partial charge in [0.05, 0.1) is 20.8 Å². The van der Waals surface area contributed by atoms with Gasteiger partial charge in [-0.25, -0.2) is 0 Å². The van der Waals surface area contributed by atoms with E-state index in [1.165, 1.54) is 5.56 Å². The third-order valence-electron chi connectivity index (χ3n) is 6.73. The number of hydrogen-bond donors (Lipinski definition) is 2. The van der Waals surface area contributed by atoms with Crippen LogP contribution in [0.15, 0.2) is 60.7 Å². The van der Waals surface area contributed by atoms with Crippen LogP contribution in [0.5, 0.6) is 17.2 Å². The summed E-state index contributed by atoms with van der Waals surface area (Å²) in [6.07, 6.45) is 0. The van der Waals surface area contributed by atoms with Gasteiger partial charge in [-0.15, -0.1) is 0 Å². The van der Waals surface area contributed by atoms with E-state index >= 15 is 0 Å². The summed E-state index contributed by atoms with van der Waals surface area (Å²) in [4.78, 5) is 0. The van der Waals surface area contributed by atoms with E-state index < -0.39 is 0 Å². The second-order valence-electron chi connectivity index (χ2n) is 8.78. The van der Waals surface area contributed by atoms with Crippen LogP contribution in [0.3, 0.4) is 0 Å². The molecule has 0 spiro atoms. The van der Waals surface area contributed by atoms with E-state index in [4.69, 9.17) is 9.47 Å². The van der Waals surface area contributed by atoms with Crippen molar-refractivity contribution in [1.82, 2.24) is 0 Å². The summed E-state index contributed by atoms with van der Waals surface area (Å²) in [6.45, 7) is 4.41. The fourth-order valence-corrected chi connectivity index (χ4v) is 4.99. The van der Waals surface area contributed by atoms with Crippen molar-refractivity contribution in [2.24, 2.45) is 0 Å². The number of phenolic OH excluding ortho intramolecular Hbond substituents is 1. The molecule has 4 heteroatoms. The fraction of sp³-hybridized carbons (Fsp3) is 0.214. The summed E-state index contributed by atoms with van der Waals surface area (Å²) in [5.74, 6) is 1.50. The average Bonchev–Trinajstić information content (AvgIpc) is 3.04. The largest absolute Gasteiger partial charge is 0.507 e. The molecule has 1 aliphatic rings. The van der Waals surface area contributed by atoms with Gasteiger partial charge in [0, 0.05) is 16.2 Å². The molecule has 0 saturated heterocycles. The lowest BCUT2D eigenvalue weighted by atomic mass is 9.81. The van der Waals surface area contributed by atoms with Gasteiger partial charge in [0.1, 0.15) is 5.75 Å². The van der Waals surface area contributed by atoms with Gasteiger partial charge in [-0.05, 0) is 63.2 Å². The minimum absolute atomic E-state index is 0.0364. The third-order valence-corrected chi connectivity index (χ3v) is 6.73. The monoisotopic (exact) mass is 426 g/mol. The summed E-state index contributed by atoms with van der Waals surface area (Å²) in [6, 6.07) is 20.1. The number of ether oxygens (including phenoxy) is 2. The molecule has 0 bridgehead atoms. The van der Waals surface area contributed by atoms with E-state index in [9.17, 15) is 10.2 Å². The lowest BCUT2D eigenvalue weighted by Gasteiger charge is -2.23. The summed E-state index contributed by atoms with van der Waals surface area (Å²) >= 11 is 0. The first-order chi connectivity index (χ1) is 15.4. The molecular formula is C28H26O4. The molecule has 0 heterocycles. The van der Waals surface area contributed by atoms with Crippen LogP contribution >= 0.6 is 0 Å². The Kier molecular flexibility index (Phi) is 4.64. The first kappa shape index (κ1) is 20.4. The van der Waals surface area contributed by atoms with Gasteiger partial charge in [-0.2, -0.15) is 0 Å². The maximum Gasteiger partial charge on any atom is 0.169 e. The molecule has 0 atom stereocenters. The highest BCUT2D eigenvalue weighted by Crippen LogP contribution is 2.56. The zero-order valence-electron chi connectivity index (χ0n) is 18.7. The molecule has 32 heavy (non-hydrogen) atoms. The highest BCUT2D eigenvalue weighted by atomic mass is 16.5. The molecule has 0 saturated carbocycles. The summed E-state index contributed by atoms with van der Waals surface area (Å²) < 4.78 is 11.3. The number of aliphatic hydroxyl groups is 1. The number of fused-ring (bicyclic) bond motifs is 5. The van der Waals surface area contributed by atoms with Crippen molar-refractivity contribution in [3.63, 3.8) is 0 Å². The quantitative estimate of drug-likeness (QED) is 0.418. The number of aromatic hydroxyl groups is 1. The number of phenols is 1. The van der Waals surface area contributed by atoms with Gasteiger partial charge in [0.2, 0.25) is 0 Å². The van der Waals surface area contributed by atoms with E-state index in [0.29, 0.717) is 11.5 Å². The van der Waals surface area contributed by atoms with Crippen LogP contribution in [0.1, 0.15) is 30.5 Å². The minimum Gasteiger partial charge on any atom is -0.507 e. The van der Waals surface area contributed by atoms with Gasteiger partial charge in [0.15, 0.2) is 11.5 Å². The SMILES string of the molecule is COc1ccc2c(O)cc3c(c2c1OC)-c1ccc(-c2ccc(CO)cc2)cc1C3(C)C. The van der Waals surface area contributed by atoms with Gasteiger partial charge in [0.25, 0.3) is 0 Å². The Morgan fingerprint density at radius 3 is 2.19 bits per heavy atom. The Morgan fingerprint density at radius 2 is 1.53 bits per heavy atom. The normalized spacial score (nSPS) is 13.7. The Balaban J connectivity index is 1.80. The first-order valence-electron chi connectivity index (χ1n) is 10.7. The number of rotatable bonds is 4. The molecule has 0 amide bonds. The molecule has 4 aromatic rings. The number of aliphatic hydroxyl groups excluding tert-OH is 1. The Bertz CT molecular complexity index is 1350. The minimum atomic E-state index is -0.300. The van der Waals surface area contributed by atoms with E-state index in [-0.39, 0.29) is 17.8 Å². The predicted octanol–water partition coefficient (Wildman–Crippen LogP) is 6.03. The van der Waals surface area contributed by atoms with Gasteiger partial charge in [-0.3, -0.25) is 0 Å². The lowest BCUT2D eigenvalue weighted by molar-refractivity contribution is 0.282. The van der Waals surface area contributed by atoms with Crippen LogP contribution in [0.25, 0.3) is 33.0 Å². The third kappa shape index (κ3) is 2.80. The average molecular weight is 427 g/mol. The van der Waals surface area contributed by atoms with Crippen LogP contribution in [0, 0.1) is 0 Å². The van der Waals surface area contributed by atoms with Crippen molar-refractivity contribution in [3.8, 4) is 39.5 Å². The van der Waals surface area contributed by atoms with Gasteiger partial charge < -0.3 is 19.7 Å². The zero-order chi connectivity index (χ0) is 22.6. The van der Waals surface area contributed by atoms with Crippen LogP contribution in [0.2, 0.25) is 0 Å². The molecule has 4 aromatic carbocycles. The van der Waals surface area contributed by atoms with Crippen LogP contribution in [-0.2, 0) is 12.0 Å². The molecule has 0 fully saturated rings. The molecule has 2 N–H and O–H groups in total. The van der Waals surface area contributed by atoms with Crippen molar-refractivity contribution in [1.29, 1.82) is 0 Å². The maximum atomic E-state index is 10.9. The molecule has 0 unspecified atom stereocenters. The topological polar surface area (TPSA) is 58.9 Å². The number of hydrogen-bond acceptors (Lipinski definition) is 4. The smallest absolute Gasteiger partial charge is 0.169 e. The number of methoxy groups -OCH3 is 2. The van der Waals surface area contributed by atoms with E-state index in [2.05, 4.69) is 32.0 Å². The van der Waals surface area contributed by atoms with Crippen LogP contribution in [-0.4, -0.2) is 24.4 Å². The van der Waals surface area contributed by atoms with Crippen molar-refractivity contribution in [2.75, 3.05) is 14.2 Å². The van der Waals surface area contributed by atoms with Crippen molar-refractivity contribution in [3.05, 3.63) is 77.4 Å². The fourth-order valence-electron chi connectivity index (χ4n) is 4.99. The number of benzene rings is 4. The molecule has 0 aliphatic heterocycles. The molecule has 0 aromatic heterocycles. The van der Waals surface area contributed by atoms with E-state index in [1.807, 2.05) is 42.5 Å². The Hall–Kier alpha value is -3.50. The van der Waals surface area contributed by atoms with Crippen LogP contribution in [0.4, 0.5) is 0 Å². The molecular weight excluding hydrogens is 400 g/mol. The molecule has 1 aliphatic carbocycles. The second kappa shape index (κ2) is 7.28. The summed E-state index contributed by atoms with van der Waals surface area (Å²) in [5.41, 5.74) is 7.30. The second-order valence-corrected chi connectivity index (χ2v) is 8.78. The Morgan fingerprint density at radius 1 is 0.812 bits per heavy atom. The zero-order valence-corrected chi connectivity index (χ0v) is 18.7. The molecule has 4 nitrogen and oxygen atoms in total. The van der Waals surface area contributed by atoms with Gasteiger partial charge in [-0.1, -0.05) is 50.2 Å². The van der Waals surface area contributed by atoms with E-state index in [0.717, 1.165) is 44.2 Å². The predicted molar refractivity (Wildman–Crippen MR) is 128 cm³/mol. The molecule has 5 rings (SSSR count). The highest BCUT2D eigenvalue weighted by Gasteiger charge is 2.38. The maximum absolute atomic E-state index is 10.9. The molecule has 162 valence electrons. The van der Waals surface area contributed by atoms with Crippen molar-refractivity contribution < 1.29 is 19.7 Å². The van der Waals surface area contributed by atoms with Gasteiger partial charge >= 0.3 is 0 Å². The molecule has 0 radical (unpaired) electrons. The standard InChI is InChI=1S/C28H26O4/c1-28(2)21-13-18(17-7-5-16(15-29)6-8-17)9-10-19(21)25-22(28)14-23(30)20-11-12-24(31-3)27(32-4)26(20)25/h5-14,29-30H,15H2,1-4H3. The van der Waals surface area contributed by atoms with Crippen molar-refractivity contribution >= 4 is 10.8 Å². The lowest BCUT2D eigenvalue weighted by Crippen LogP contribution is -2.15. The summed E-state index contributed by atoms with van der Waals surface area (Å²) in [7, 11) is 3.26. The first-order valence-corrected chi connectivity index (χ1v) is 10.7. The highest BCUT2D eigenvalue weighted by molar-refractivity contribution is 6.09.